The number of aryl methyl sites for hydroxylation is 1. The van der Waals surface area contributed by atoms with Gasteiger partial charge in [-0.15, -0.1) is 0 Å². The van der Waals surface area contributed by atoms with E-state index in [-0.39, 0.29) is 10.9 Å². The van der Waals surface area contributed by atoms with E-state index in [0.29, 0.717) is 16.5 Å². The Balaban J connectivity index is 1.75. The van der Waals surface area contributed by atoms with Crippen molar-refractivity contribution in [2.75, 3.05) is 11.9 Å². The van der Waals surface area contributed by atoms with E-state index < -0.39 is 10.0 Å². The summed E-state index contributed by atoms with van der Waals surface area (Å²) in [6, 6.07) is 13.8. The second kappa shape index (κ2) is 7.92. The third-order valence-electron chi connectivity index (χ3n) is 5.18. The van der Waals surface area contributed by atoms with Crippen LogP contribution in [0, 0.1) is 6.92 Å². The lowest BCUT2D eigenvalue weighted by Crippen LogP contribution is -2.23. The highest BCUT2D eigenvalue weighted by molar-refractivity contribution is 7.89. The largest absolute Gasteiger partial charge is 0.352 e. The minimum absolute atomic E-state index is 0.0779. The monoisotopic (exact) mass is 456 g/mol. The molecular formula is C21H21ClN6O2S. The highest BCUT2D eigenvalue weighted by atomic mass is 35.5. The maximum absolute atomic E-state index is 11.5. The van der Waals surface area contributed by atoms with E-state index in [2.05, 4.69) is 15.1 Å². The minimum Gasteiger partial charge on any atom is -0.352 e. The predicted molar refractivity (Wildman–Crippen MR) is 121 cm³/mol. The van der Waals surface area contributed by atoms with Crippen LogP contribution in [0.3, 0.4) is 0 Å². The van der Waals surface area contributed by atoms with Gasteiger partial charge >= 0.3 is 0 Å². The molecule has 8 nitrogen and oxygen atoms in total. The summed E-state index contributed by atoms with van der Waals surface area (Å²) in [5, 5.41) is 11.1. The van der Waals surface area contributed by atoms with E-state index in [4.69, 9.17) is 16.7 Å². The van der Waals surface area contributed by atoms with Crippen LogP contribution in [0.25, 0.3) is 16.7 Å². The van der Waals surface area contributed by atoms with Crippen molar-refractivity contribution in [3.8, 4) is 5.69 Å². The number of halogens is 1. The first-order chi connectivity index (χ1) is 14.6. The lowest BCUT2D eigenvalue weighted by atomic mass is 10.1. The Morgan fingerprint density at radius 3 is 2.48 bits per heavy atom. The lowest BCUT2D eigenvalue weighted by Gasteiger charge is -2.27. The number of primary sulfonamides is 1. The molecule has 0 saturated carbocycles. The molecule has 0 saturated heterocycles. The van der Waals surface area contributed by atoms with Gasteiger partial charge in [0.1, 0.15) is 11.6 Å². The van der Waals surface area contributed by atoms with Crippen molar-refractivity contribution in [1.82, 2.24) is 19.7 Å². The van der Waals surface area contributed by atoms with Crippen LogP contribution in [0.1, 0.15) is 24.4 Å². The van der Waals surface area contributed by atoms with Crippen LogP contribution >= 0.6 is 11.6 Å². The molecule has 2 aromatic carbocycles. The quantitative estimate of drug-likeness (QED) is 0.491. The number of benzene rings is 2. The smallest absolute Gasteiger partial charge is 0.238 e. The summed E-state index contributed by atoms with van der Waals surface area (Å²) in [6.45, 7) is 3.84. The highest BCUT2D eigenvalue weighted by Gasteiger charge is 2.20. The van der Waals surface area contributed by atoms with Gasteiger partial charge in [-0.25, -0.2) is 28.2 Å². The molecule has 0 aliphatic rings. The SMILES string of the molecule is Cc1nc(N(C)C(C)c2ccc(S(N)(=O)=O)cc2)c2cnn(-c3cccc(Cl)c3)c2n1. The van der Waals surface area contributed by atoms with Crippen LogP contribution < -0.4 is 10.0 Å². The molecule has 10 heteroatoms. The Kier molecular flexibility index (Phi) is 5.42. The second-order valence-corrected chi connectivity index (χ2v) is 9.27. The van der Waals surface area contributed by atoms with E-state index in [0.717, 1.165) is 22.5 Å². The van der Waals surface area contributed by atoms with Crippen molar-refractivity contribution in [1.29, 1.82) is 0 Å². The van der Waals surface area contributed by atoms with Crippen molar-refractivity contribution < 1.29 is 8.42 Å². The highest BCUT2D eigenvalue weighted by Crippen LogP contribution is 2.31. The van der Waals surface area contributed by atoms with Crippen LogP contribution in [-0.2, 0) is 10.0 Å². The number of fused-ring (bicyclic) bond motifs is 1. The van der Waals surface area contributed by atoms with Crippen LogP contribution in [-0.4, -0.2) is 35.2 Å². The predicted octanol–water partition coefficient (Wildman–Crippen LogP) is 3.62. The van der Waals surface area contributed by atoms with Gasteiger partial charge in [0.2, 0.25) is 10.0 Å². The molecule has 1 atom stereocenters. The van der Waals surface area contributed by atoms with E-state index >= 15 is 0 Å². The molecule has 0 bridgehead atoms. The molecule has 0 radical (unpaired) electrons. The molecule has 0 amide bonds. The Morgan fingerprint density at radius 2 is 1.84 bits per heavy atom. The van der Waals surface area contributed by atoms with Crippen molar-refractivity contribution in [2.45, 2.75) is 24.8 Å². The summed E-state index contributed by atoms with van der Waals surface area (Å²) in [4.78, 5) is 11.3. The fourth-order valence-electron chi connectivity index (χ4n) is 3.41. The van der Waals surface area contributed by atoms with Gasteiger partial charge in [-0.05, 0) is 49.7 Å². The molecule has 160 valence electrons. The topological polar surface area (TPSA) is 107 Å². The van der Waals surface area contributed by atoms with Gasteiger partial charge in [0, 0.05) is 12.1 Å². The van der Waals surface area contributed by atoms with E-state index in [1.807, 2.05) is 44.0 Å². The summed E-state index contributed by atoms with van der Waals surface area (Å²) in [7, 11) is -1.81. The Bertz CT molecular complexity index is 1370. The third-order valence-corrected chi connectivity index (χ3v) is 6.34. The van der Waals surface area contributed by atoms with E-state index in [9.17, 15) is 8.42 Å². The first-order valence-electron chi connectivity index (χ1n) is 9.49. The second-order valence-electron chi connectivity index (χ2n) is 7.27. The molecule has 31 heavy (non-hydrogen) atoms. The van der Waals surface area contributed by atoms with Gasteiger partial charge in [0.05, 0.1) is 28.2 Å². The Hall–Kier alpha value is -3.01. The summed E-state index contributed by atoms with van der Waals surface area (Å²) in [5.74, 6) is 1.33. The van der Waals surface area contributed by atoms with Crippen LogP contribution in [0.15, 0.2) is 59.6 Å². The number of rotatable bonds is 5. The van der Waals surface area contributed by atoms with Gasteiger partial charge in [-0.1, -0.05) is 29.8 Å². The molecule has 2 N–H and O–H groups in total. The number of nitrogens with two attached hydrogens (primary N) is 1. The Labute approximate surface area is 185 Å². The van der Waals surface area contributed by atoms with Gasteiger partial charge in [0.15, 0.2) is 5.65 Å². The zero-order valence-corrected chi connectivity index (χ0v) is 18.8. The van der Waals surface area contributed by atoms with Crippen LogP contribution in [0.2, 0.25) is 5.02 Å². The molecule has 0 fully saturated rings. The van der Waals surface area contributed by atoms with Crippen LogP contribution in [0.4, 0.5) is 5.82 Å². The zero-order chi connectivity index (χ0) is 22.3. The summed E-state index contributed by atoms with van der Waals surface area (Å²) >= 11 is 6.15. The maximum atomic E-state index is 11.5. The molecular weight excluding hydrogens is 436 g/mol. The van der Waals surface area contributed by atoms with Crippen molar-refractivity contribution in [3.05, 3.63) is 71.1 Å². The summed E-state index contributed by atoms with van der Waals surface area (Å²) < 4.78 is 24.8. The number of sulfonamides is 1. The van der Waals surface area contributed by atoms with E-state index in [1.54, 1.807) is 29.1 Å². The molecule has 2 aromatic heterocycles. The van der Waals surface area contributed by atoms with Crippen molar-refractivity contribution >= 4 is 38.5 Å². The van der Waals surface area contributed by atoms with Gasteiger partial charge in [-0.3, -0.25) is 0 Å². The van der Waals surface area contributed by atoms with Gasteiger partial charge in [-0.2, -0.15) is 5.10 Å². The molecule has 0 spiro atoms. The summed E-state index contributed by atoms with van der Waals surface area (Å²) in [5.41, 5.74) is 2.40. The maximum Gasteiger partial charge on any atom is 0.238 e. The average molecular weight is 457 g/mol. The normalized spacial score (nSPS) is 12.8. The molecule has 2 heterocycles. The van der Waals surface area contributed by atoms with Gasteiger partial charge in [0.25, 0.3) is 0 Å². The average Bonchev–Trinajstić information content (AvgIpc) is 3.15. The minimum atomic E-state index is -3.73. The number of hydrogen-bond acceptors (Lipinski definition) is 6. The van der Waals surface area contributed by atoms with Crippen LogP contribution in [0.5, 0.6) is 0 Å². The molecule has 4 rings (SSSR count). The number of hydrogen-bond donors (Lipinski definition) is 1. The lowest BCUT2D eigenvalue weighted by molar-refractivity contribution is 0.597. The first-order valence-corrected chi connectivity index (χ1v) is 11.4. The molecule has 1 unspecified atom stereocenters. The van der Waals surface area contributed by atoms with Gasteiger partial charge < -0.3 is 4.90 Å². The standard InChI is InChI=1S/C21H21ClN6O2S/c1-13(15-7-9-18(10-8-15)31(23,29)30)27(3)20-19-12-24-28(21(19)26-14(2)25-20)17-6-4-5-16(22)11-17/h4-13H,1-3H3,(H2,23,29,30). The Morgan fingerprint density at radius 1 is 1.13 bits per heavy atom. The summed E-state index contributed by atoms with van der Waals surface area (Å²) in [6.07, 6.45) is 1.73. The van der Waals surface area contributed by atoms with Crippen molar-refractivity contribution in [2.24, 2.45) is 5.14 Å². The fraction of sp³-hybridized carbons (Fsp3) is 0.190. The number of aromatic nitrogens is 4. The zero-order valence-electron chi connectivity index (χ0n) is 17.2. The molecule has 0 aliphatic carbocycles. The molecule has 0 aliphatic heterocycles. The van der Waals surface area contributed by atoms with Crippen molar-refractivity contribution in [3.63, 3.8) is 0 Å². The third kappa shape index (κ3) is 4.12. The van der Waals surface area contributed by atoms with E-state index in [1.165, 1.54) is 12.1 Å². The fourth-order valence-corrected chi connectivity index (χ4v) is 4.11. The molecule has 4 aromatic rings. The first kappa shape index (κ1) is 21.2. The number of anilines is 1. The number of nitrogens with zero attached hydrogens (tertiary/aromatic N) is 5.